The van der Waals surface area contributed by atoms with E-state index in [1.54, 1.807) is 6.92 Å². The Balaban J connectivity index is 1.33. The normalized spacial score (nSPS) is 56.3. The van der Waals surface area contributed by atoms with Gasteiger partial charge in [0.15, 0.2) is 17.5 Å². The SMILES string of the molecule is CC(=O)O[C@H]1C[C@H]2[C@H]([C@@H]3[C@@H](O)[C@@H]4[C@H]([C@H](C)[C@H]5O[C@]56OC(=O)[C@@](C)(O)[C@]46C)[C@]31C)[C@@H](OC(=O)CC(C)C)C(=O)[C@H]1C[C@@H]3O[C@@H]3[C@H](OC(C)=O)[C@@]12C. The van der Waals surface area contributed by atoms with Gasteiger partial charge in [0.25, 0.3) is 0 Å². The molecule has 0 aromatic rings. The number of hydrogen-bond donors (Lipinski definition) is 2. The number of esters is 4. The lowest BCUT2D eigenvalue weighted by Crippen LogP contribution is -2.70. The van der Waals surface area contributed by atoms with Crippen molar-refractivity contribution >= 4 is 29.7 Å². The summed E-state index contributed by atoms with van der Waals surface area (Å²) in [6.07, 6.45) is -4.79. The van der Waals surface area contributed by atoms with Crippen molar-refractivity contribution in [1.82, 2.24) is 0 Å². The van der Waals surface area contributed by atoms with Crippen molar-refractivity contribution in [1.29, 1.82) is 0 Å². The molecular weight excluding hydrogens is 652 g/mol. The number of ether oxygens (including phenoxy) is 6. The minimum atomic E-state index is -2.04. The van der Waals surface area contributed by atoms with Crippen molar-refractivity contribution < 1.29 is 62.6 Å². The van der Waals surface area contributed by atoms with Crippen LogP contribution in [0.5, 0.6) is 0 Å². The Kier molecular flexibility index (Phi) is 7.09. The lowest BCUT2D eigenvalue weighted by molar-refractivity contribution is -0.238. The fourth-order valence-corrected chi connectivity index (χ4v) is 13.1. The average Bonchev–Trinajstić information content (AvgIpc) is 3.90. The lowest BCUT2D eigenvalue weighted by Gasteiger charge is -2.63. The largest absolute Gasteiger partial charge is 0.462 e. The van der Waals surface area contributed by atoms with Gasteiger partial charge in [0.05, 0.1) is 17.6 Å². The Morgan fingerprint density at radius 3 is 2.22 bits per heavy atom. The van der Waals surface area contributed by atoms with Crippen LogP contribution in [0.3, 0.4) is 0 Å². The van der Waals surface area contributed by atoms with Crippen molar-refractivity contribution in [3.63, 3.8) is 0 Å². The van der Waals surface area contributed by atoms with Gasteiger partial charge in [-0.1, -0.05) is 34.6 Å². The molecule has 5 saturated carbocycles. The number of hydrogen-bond acceptors (Lipinski definition) is 13. The molecule has 8 fully saturated rings. The summed E-state index contributed by atoms with van der Waals surface area (Å²) < 4.78 is 36.6. The summed E-state index contributed by atoms with van der Waals surface area (Å²) in [5.41, 5.74) is -5.55. The molecule has 3 heterocycles. The molecule has 0 bridgehead atoms. The molecule has 0 radical (unpaired) electrons. The zero-order valence-corrected chi connectivity index (χ0v) is 30.2. The molecule has 13 heteroatoms. The smallest absolute Gasteiger partial charge is 0.341 e. The van der Waals surface area contributed by atoms with E-state index >= 15 is 0 Å². The average molecular weight is 703 g/mol. The van der Waals surface area contributed by atoms with Crippen LogP contribution in [-0.2, 0) is 52.4 Å². The summed E-state index contributed by atoms with van der Waals surface area (Å²) in [6, 6.07) is 0. The first kappa shape index (κ1) is 34.5. The molecule has 1 spiro atoms. The van der Waals surface area contributed by atoms with E-state index in [-0.39, 0.29) is 36.6 Å². The molecule has 0 amide bonds. The van der Waals surface area contributed by atoms with E-state index in [9.17, 15) is 34.2 Å². The van der Waals surface area contributed by atoms with E-state index in [2.05, 4.69) is 0 Å². The molecule has 276 valence electrons. The second kappa shape index (κ2) is 10.3. The number of aliphatic hydroxyl groups excluding tert-OH is 1. The quantitative estimate of drug-likeness (QED) is 0.241. The van der Waals surface area contributed by atoms with E-state index in [0.717, 1.165) is 0 Å². The van der Waals surface area contributed by atoms with E-state index in [0.29, 0.717) is 6.42 Å². The topological polar surface area (TPSA) is 188 Å². The molecule has 2 N–H and O–H groups in total. The first-order chi connectivity index (χ1) is 23.2. The van der Waals surface area contributed by atoms with Gasteiger partial charge in [-0.15, -0.1) is 0 Å². The molecule has 3 saturated heterocycles. The van der Waals surface area contributed by atoms with Crippen LogP contribution >= 0.6 is 0 Å². The summed E-state index contributed by atoms with van der Waals surface area (Å²) in [6.45, 7) is 15.4. The zero-order valence-electron chi connectivity index (χ0n) is 30.2. The van der Waals surface area contributed by atoms with Crippen molar-refractivity contribution in [2.45, 2.75) is 136 Å². The van der Waals surface area contributed by atoms with Crippen LogP contribution in [0, 0.1) is 63.6 Å². The second-order valence-electron chi connectivity index (χ2n) is 17.9. The van der Waals surface area contributed by atoms with Crippen LogP contribution in [0.15, 0.2) is 0 Å². The van der Waals surface area contributed by atoms with Crippen LogP contribution < -0.4 is 0 Å². The number of rotatable bonds is 5. The first-order valence-electron chi connectivity index (χ1n) is 18.2. The number of fused-ring (bicyclic) bond motifs is 9. The van der Waals surface area contributed by atoms with Gasteiger partial charge < -0.3 is 38.6 Å². The first-order valence-corrected chi connectivity index (χ1v) is 18.2. The molecule has 0 aromatic carbocycles. The van der Waals surface area contributed by atoms with Crippen molar-refractivity contribution in [2.75, 3.05) is 0 Å². The van der Waals surface area contributed by atoms with Crippen molar-refractivity contribution in [2.24, 2.45) is 63.6 Å². The molecule has 8 rings (SSSR count). The number of ketones is 1. The molecular formula is C37H50O13. The number of aliphatic hydroxyl groups is 2. The van der Waals surface area contributed by atoms with Gasteiger partial charge in [-0.05, 0) is 50.4 Å². The van der Waals surface area contributed by atoms with E-state index in [1.165, 1.54) is 20.8 Å². The standard InChI is InChI=1S/C37H50O13/c1-13(2)10-21(40)48-29-22-17(33(6)18(26(29)41)11-19-28(47-19)31(33)46-16(5)39)12-20(45-15(4)38)34(7)23-14(3)30-37(49-30)35(8,25(23)27(42)24(22)34)36(9,44)32(43)50-37/h13-14,17-20,22-25,27-31,42,44H,10-12H2,1-9H3/t14-,17-,18+,19-,20-,22+,23-,24+,25-,27+,28-,29+,30+,31-,33+,34+,35-,36+,37-/m0/s1. The Hall–Kier alpha value is -2.61. The van der Waals surface area contributed by atoms with Gasteiger partial charge in [0.2, 0.25) is 5.79 Å². The van der Waals surface area contributed by atoms with Gasteiger partial charge in [-0.2, -0.15) is 0 Å². The second-order valence-corrected chi connectivity index (χ2v) is 17.9. The summed E-state index contributed by atoms with van der Waals surface area (Å²) in [4.78, 5) is 67.3. The molecule has 8 aliphatic rings. The summed E-state index contributed by atoms with van der Waals surface area (Å²) in [5.74, 6) is -8.73. The number of carbonyl (C=O) groups is 5. The molecule has 5 aliphatic carbocycles. The highest BCUT2D eigenvalue weighted by molar-refractivity contribution is 5.90. The lowest BCUT2D eigenvalue weighted by atomic mass is 9.41. The Labute approximate surface area is 291 Å². The maximum atomic E-state index is 15.0. The van der Waals surface area contributed by atoms with E-state index in [1.807, 2.05) is 34.6 Å². The Bertz CT molecular complexity index is 1570. The predicted octanol–water partition coefficient (Wildman–Crippen LogP) is 2.11. The third-order valence-electron chi connectivity index (χ3n) is 15.3. The Morgan fingerprint density at radius 1 is 0.940 bits per heavy atom. The zero-order chi connectivity index (χ0) is 36.4. The van der Waals surface area contributed by atoms with Crippen LogP contribution in [0.25, 0.3) is 0 Å². The predicted molar refractivity (Wildman–Crippen MR) is 168 cm³/mol. The molecule has 0 aromatic heterocycles. The van der Waals surface area contributed by atoms with Gasteiger partial charge >= 0.3 is 23.9 Å². The van der Waals surface area contributed by atoms with E-state index in [4.69, 9.17) is 28.4 Å². The highest BCUT2D eigenvalue weighted by Gasteiger charge is 2.92. The summed E-state index contributed by atoms with van der Waals surface area (Å²) in [7, 11) is 0. The molecule has 50 heavy (non-hydrogen) atoms. The van der Waals surface area contributed by atoms with Crippen LogP contribution in [-0.4, -0.2) is 94.0 Å². The molecule has 0 unspecified atom stereocenters. The van der Waals surface area contributed by atoms with Crippen molar-refractivity contribution in [3.8, 4) is 0 Å². The monoisotopic (exact) mass is 702 g/mol. The Morgan fingerprint density at radius 2 is 1.60 bits per heavy atom. The highest BCUT2D eigenvalue weighted by atomic mass is 16.8. The highest BCUT2D eigenvalue weighted by Crippen LogP contribution is 2.80. The molecule has 13 nitrogen and oxygen atoms in total. The minimum absolute atomic E-state index is 0.0401. The number of carbonyl (C=O) groups excluding carboxylic acids is 5. The van der Waals surface area contributed by atoms with Gasteiger partial charge in [0.1, 0.15) is 24.4 Å². The maximum Gasteiger partial charge on any atom is 0.341 e. The van der Waals surface area contributed by atoms with Gasteiger partial charge in [0, 0.05) is 54.8 Å². The van der Waals surface area contributed by atoms with Gasteiger partial charge in [-0.25, -0.2) is 4.79 Å². The molecule has 19 atom stereocenters. The van der Waals surface area contributed by atoms with Crippen LogP contribution in [0.2, 0.25) is 0 Å². The van der Waals surface area contributed by atoms with Crippen LogP contribution in [0.4, 0.5) is 0 Å². The van der Waals surface area contributed by atoms with Crippen LogP contribution in [0.1, 0.15) is 81.6 Å². The maximum absolute atomic E-state index is 15.0. The van der Waals surface area contributed by atoms with Crippen molar-refractivity contribution in [3.05, 3.63) is 0 Å². The number of epoxide rings is 2. The third kappa shape index (κ3) is 3.90. The van der Waals surface area contributed by atoms with Gasteiger partial charge in [-0.3, -0.25) is 19.2 Å². The van der Waals surface area contributed by atoms with E-state index < -0.39 is 124 Å². The fraction of sp³-hybridized carbons (Fsp3) is 0.865. The fourth-order valence-electron chi connectivity index (χ4n) is 13.1. The number of Topliss-reactive ketones (excluding diaryl/α,β-unsaturated/α-hetero) is 1. The summed E-state index contributed by atoms with van der Waals surface area (Å²) in [5, 5.41) is 24.9. The summed E-state index contributed by atoms with van der Waals surface area (Å²) >= 11 is 0. The minimum Gasteiger partial charge on any atom is -0.462 e. The molecule has 3 aliphatic heterocycles. The third-order valence-corrected chi connectivity index (χ3v) is 15.3.